The molecule has 7 nitrogen and oxygen atoms in total. The molecule has 2 amide bonds. The minimum absolute atomic E-state index is 0.0159. The number of halogens is 3. The number of nitrogens with one attached hydrogen (secondary N) is 1. The maximum atomic E-state index is 14.5. The van der Waals surface area contributed by atoms with Gasteiger partial charge in [-0.05, 0) is 59.5 Å². The lowest BCUT2D eigenvalue weighted by Crippen LogP contribution is -2.53. The summed E-state index contributed by atoms with van der Waals surface area (Å²) in [7, 11) is -4.27. The molecule has 0 radical (unpaired) electrons. The van der Waals surface area contributed by atoms with Crippen LogP contribution in [0.2, 0.25) is 10.0 Å². The first-order valence-corrected chi connectivity index (χ1v) is 17.3. The molecule has 11 heteroatoms. The van der Waals surface area contributed by atoms with E-state index in [0.29, 0.717) is 11.6 Å². The Morgan fingerprint density at radius 1 is 0.844 bits per heavy atom. The van der Waals surface area contributed by atoms with Crippen LogP contribution < -0.4 is 9.62 Å². The number of sulfonamides is 1. The van der Waals surface area contributed by atoms with Crippen LogP contribution in [-0.4, -0.2) is 44.3 Å². The van der Waals surface area contributed by atoms with Crippen LogP contribution in [0, 0.1) is 5.92 Å². The summed E-state index contributed by atoms with van der Waals surface area (Å²) in [6, 6.07) is 28.1. The SMILES string of the molecule is CC(C)CNC(=O)C(Cc1ccccc1)N(Cc1cccc(Br)c1)C(=O)CN(c1ccc(Cl)cc1Cl)S(=O)(=O)c1ccccc1. The molecule has 0 spiro atoms. The van der Waals surface area contributed by atoms with Crippen molar-refractivity contribution in [2.24, 2.45) is 5.92 Å². The Balaban J connectivity index is 1.82. The van der Waals surface area contributed by atoms with Crippen LogP contribution in [0.5, 0.6) is 0 Å². The Morgan fingerprint density at radius 2 is 1.49 bits per heavy atom. The third-order valence-electron chi connectivity index (χ3n) is 6.99. The second-order valence-electron chi connectivity index (χ2n) is 10.9. The van der Waals surface area contributed by atoms with Gasteiger partial charge in [0.15, 0.2) is 0 Å². The van der Waals surface area contributed by atoms with Gasteiger partial charge in [-0.3, -0.25) is 13.9 Å². The van der Waals surface area contributed by atoms with E-state index in [-0.39, 0.29) is 40.4 Å². The summed E-state index contributed by atoms with van der Waals surface area (Å²) < 4.78 is 29.9. The Hall–Kier alpha value is -3.37. The smallest absolute Gasteiger partial charge is 0.264 e. The molecule has 4 rings (SSSR count). The van der Waals surface area contributed by atoms with Gasteiger partial charge in [0.25, 0.3) is 10.0 Å². The van der Waals surface area contributed by atoms with Crippen molar-refractivity contribution in [3.05, 3.63) is 129 Å². The average Bonchev–Trinajstić information content (AvgIpc) is 3.01. The lowest BCUT2D eigenvalue weighted by atomic mass is 10.0. The van der Waals surface area contributed by atoms with E-state index in [0.717, 1.165) is 19.9 Å². The van der Waals surface area contributed by atoms with Crippen molar-refractivity contribution < 1.29 is 18.0 Å². The normalized spacial score (nSPS) is 12.0. The number of hydrogen-bond acceptors (Lipinski definition) is 4. The largest absolute Gasteiger partial charge is 0.354 e. The van der Waals surface area contributed by atoms with E-state index in [1.807, 2.05) is 68.4 Å². The number of benzene rings is 4. The molecule has 4 aromatic carbocycles. The maximum absolute atomic E-state index is 14.5. The molecule has 236 valence electrons. The predicted octanol–water partition coefficient (Wildman–Crippen LogP) is 7.36. The summed E-state index contributed by atoms with van der Waals surface area (Å²) in [5.41, 5.74) is 1.70. The summed E-state index contributed by atoms with van der Waals surface area (Å²) in [5.74, 6) is -0.738. The van der Waals surface area contributed by atoms with Crippen LogP contribution >= 0.6 is 39.1 Å². The van der Waals surface area contributed by atoms with Crippen LogP contribution in [0.1, 0.15) is 25.0 Å². The van der Waals surface area contributed by atoms with Crippen LogP contribution in [-0.2, 0) is 32.6 Å². The summed E-state index contributed by atoms with van der Waals surface area (Å²) in [4.78, 5) is 29.8. The molecular formula is C34H34BrCl2N3O4S. The molecule has 45 heavy (non-hydrogen) atoms. The van der Waals surface area contributed by atoms with Crippen LogP contribution in [0.3, 0.4) is 0 Å². The third kappa shape index (κ3) is 9.33. The Bertz CT molecular complexity index is 1720. The van der Waals surface area contributed by atoms with Crippen molar-refractivity contribution in [2.75, 3.05) is 17.4 Å². The van der Waals surface area contributed by atoms with Crippen molar-refractivity contribution >= 4 is 66.7 Å². The highest BCUT2D eigenvalue weighted by Gasteiger charge is 2.35. The molecule has 0 saturated heterocycles. The van der Waals surface area contributed by atoms with Crippen molar-refractivity contribution in [3.8, 4) is 0 Å². The molecule has 0 aromatic heterocycles. The van der Waals surface area contributed by atoms with E-state index in [2.05, 4.69) is 21.2 Å². The Labute approximate surface area is 283 Å². The van der Waals surface area contributed by atoms with Crippen LogP contribution in [0.15, 0.2) is 112 Å². The minimum Gasteiger partial charge on any atom is -0.354 e. The van der Waals surface area contributed by atoms with Gasteiger partial charge in [-0.1, -0.05) is 114 Å². The van der Waals surface area contributed by atoms with Crippen LogP contribution in [0.4, 0.5) is 5.69 Å². The van der Waals surface area contributed by atoms with Gasteiger partial charge in [0.2, 0.25) is 11.8 Å². The number of rotatable bonds is 13. The molecule has 0 fully saturated rings. The zero-order valence-electron chi connectivity index (χ0n) is 24.9. The quantitative estimate of drug-likeness (QED) is 0.156. The summed E-state index contributed by atoms with van der Waals surface area (Å²) >= 11 is 16.2. The third-order valence-corrected chi connectivity index (χ3v) is 9.79. The van der Waals surface area contributed by atoms with Gasteiger partial charge in [0.1, 0.15) is 12.6 Å². The zero-order chi connectivity index (χ0) is 32.6. The number of carbonyl (C=O) groups excluding carboxylic acids is 2. The van der Waals surface area contributed by atoms with Crippen LogP contribution in [0.25, 0.3) is 0 Å². The minimum atomic E-state index is -4.27. The zero-order valence-corrected chi connectivity index (χ0v) is 28.8. The van der Waals surface area contributed by atoms with E-state index < -0.39 is 28.5 Å². The Morgan fingerprint density at radius 3 is 2.11 bits per heavy atom. The van der Waals surface area contributed by atoms with Gasteiger partial charge in [0, 0.05) is 29.0 Å². The van der Waals surface area contributed by atoms with E-state index in [1.54, 1.807) is 18.2 Å². The molecular weight excluding hydrogens is 697 g/mol. The van der Waals surface area contributed by atoms with E-state index in [4.69, 9.17) is 23.2 Å². The fraction of sp³-hybridized carbons (Fsp3) is 0.235. The molecule has 1 unspecified atom stereocenters. The molecule has 1 N–H and O–H groups in total. The first-order valence-electron chi connectivity index (χ1n) is 14.3. The molecule has 0 aliphatic carbocycles. The fourth-order valence-corrected chi connectivity index (χ4v) is 7.19. The molecule has 4 aromatic rings. The average molecular weight is 732 g/mol. The van der Waals surface area contributed by atoms with Gasteiger partial charge in [-0.25, -0.2) is 8.42 Å². The summed E-state index contributed by atoms with van der Waals surface area (Å²) in [6.07, 6.45) is 0.220. The number of amides is 2. The number of carbonyl (C=O) groups is 2. The molecule has 0 heterocycles. The molecule has 0 aliphatic rings. The maximum Gasteiger partial charge on any atom is 0.264 e. The monoisotopic (exact) mass is 729 g/mol. The van der Waals surface area contributed by atoms with Gasteiger partial charge in [-0.15, -0.1) is 0 Å². The molecule has 0 bridgehead atoms. The first-order chi connectivity index (χ1) is 21.5. The van der Waals surface area contributed by atoms with E-state index in [9.17, 15) is 18.0 Å². The highest BCUT2D eigenvalue weighted by atomic mass is 79.9. The summed E-state index contributed by atoms with van der Waals surface area (Å²) in [5, 5.41) is 3.35. The topological polar surface area (TPSA) is 86.8 Å². The summed E-state index contributed by atoms with van der Waals surface area (Å²) in [6.45, 7) is 3.82. The van der Waals surface area contributed by atoms with Crippen molar-refractivity contribution in [2.45, 2.75) is 37.8 Å². The van der Waals surface area contributed by atoms with Crippen molar-refractivity contribution in [1.29, 1.82) is 0 Å². The van der Waals surface area contributed by atoms with Crippen molar-refractivity contribution in [1.82, 2.24) is 10.2 Å². The fourth-order valence-electron chi connectivity index (χ4n) is 4.73. The molecule has 0 saturated carbocycles. The van der Waals surface area contributed by atoms with E-state index in [1.165, 1.54) is 35.2 Å². The second kappa shape index (κ2) is 15.8. The van der Waals surface area contributed by atoms with Crippen molar-refractivity contribution in [3.63, 3.8) is 0 Å². The van der Waals surface area contributed by atoms with E-state index >= 15 is 0 Å². The lowest BCUT2D eigenvalue weighted by molar-refractivity contribution is -0.140. The second-order valence-corrected chi connectivity index (χ2v) is 14.5. The van der Waals surface area contributed by atoms with Gasteiger partial charge < -0.3 is 10.2 Å². The number of hydrogen-bond donors (Lipinski definition) is 1. The Kier molecular flexibility index (Phi) is 12.1. The highest BCUT2D eigenvalue weighted by molar-refractivity contribution is 9.10. The number of nitrogens with zero attached hydrogens (tertiary/aromatic N) is 2. The lowest BCUT2D eigenvalue weighted by Gasteiger charge is -2.34. The first kappa shape index (κ1) is 34.5. The molecule has 1 atom stereocenters. The predicted molar refractivity (Wildman–Crippen MR) is 184 cm³/mol. The standard InChI is InChI=1S/C34H34BrCl2N3O4S/c1-24(2)21-38-34(42)32(19-25-10-5-3-6-11-25)39(22-26-12-9-13-27(35)18-26)33(41)23-40(31-17-16-28(36)20-30(31)37)45(43,44)29-14-7-4-8-15-29/h3-18,20,24,32H,19,21-23H2,1-2H3,(H,38,42). The van der Waals surface area contributed by atoms with Gasteiger partial charge in [0.05, 0.1) is 15.6 Å². The molecule has 0 aliphatic heterocycles. The van der Waals surface area contributed by atoms with Gasteiger partial charge >= 0.3 is 0 Å². The number of anilines is 1. The van der Waals surface area contributed by atoms with Gasteiger partial charge in [-0.2, -0.15) is 0 Å². The highest BCUT2D eigenvalue weighted by Crippen LogP contribution is 2.33.